The minimum atomic E-state index is -0.0158. The summed E-state index contributed by atoms with van der Waals surface area (Å²) in [5, 5.41) is 2.58. The third-order valence-electron chi connectivity index (χ3n) is 10.5. The lowest BCUT2D eigenvalue weighted by molar-refractivity contribution is 0.346. The van der Waals surface area contributed by atoms with Gasteiger partial charge in [-0.15, -0.1) is 0 Å². The number of hydrogen-bond acceptors (Lipinski definition) is 2. The minimum absolute atomic E-state index is 0.0158. The van der Waals surface area contributed by atoms with Crippen molar-refractivity contribution in [3.05, 3.63) is 175 Å². The molecule has 1 aliphatic carbocycles. The highest BCUT2D eigenvalue weighted by molar-refractivity contribution is 6.09. The second kappa shape index (κ2) is 12.3. The van der Waals surface area contributed by atoms with Crippen molar-refractivity contribution in [1.29, 1.82) is 0 Å². The van der Waals surface area contributed by atoms with Crippen LogP contribution in [0.15, 0.2) is 164 Å². The van der Waals surface area contributed by atoms with Crippen molar-refractivity contribution in [3.63, 3.8) is 0 Å². The Morgan fingerprint density at radius 1 is 0.429 bits per heavy atom. The van der Waals surface area contributed by atoms with Crippen LogP contribution in [0.2, 0.25) is 0 Å². The molecule has 0 bridgehead atoms. The zero-order valence-corrected chi connectivity index (χ0v) is 27.5. The van der Waals surface area contributed by atoms with Crippen LogP contribution in [0.3, 0.4) is 0 Å². The van der Waals surface area contributed by atoms with Crippen LogP contribution >= 0.6 is 0 Å². The Kier molecular flexibility index (Phi) is 7.39. The SMILES string of the molecule is c1ccc(-c2cc(-c3ccccc3)nc(-c3ccc(C4(c5ccc(-n6c7ccccc7c7ccccc76)cc5)CCCCC4)cc3)n2)cc1. The fourth-order valence-electron chi connectivity index (χ4n) is 8.06. The predicted octanol–water partition coefficient (Wildman–Crippen LogP) is 11.8. The van der Waals surface area contributed by atoms with Gasteiger partial charge in [0.05, 0.1) is 22.4 Å². The number of hydrogen-bond donors (Lipinski definition) is 0. The topological polar surface area (TPSA) is 30.7 Å². The van der Waals surface area contributed by atoms with Gasteiger partial charge in [0.1, 0.15) is 0 Å². The van der Waals surface area contributed by atoms with Crippen molar-refractivity contribution in [2.45, 2.75) is 37.5 Å². The number of fused-ring (bicyclic) bond motifs is 3. The fourth-order valence-corrected chi connectivity index (χ4v) is 8.06. The Balaban J connectivity index is 1.10. The van der Waals surface area contributed by atoms with Crippen molar-refractivity contribution in [2.75, 3.05) is 0 Å². The minimum Gasteiger partial charge on any atom is -0.309 e. The predicted molar refractivity (Wildman–Crippen MR) is 203 cm³/mol. The number of rotatable bonds is 6. The van der Waals surface area contributed by atoms with Crippen LogP contribution in [0, 0.1) is 0 Å². The molecule has 0 aliphatic heterocycles. The maximum absolute atomic E-state index is 5.08. The molecular weight excluding hydrogens is 595 g/mol. The highest BCUT2D eigenvalue weighted by Gasteiger charge is 2.35. The molecule has 0 atom stereocenters. The largest absolute Gasteiger partial charge is 0.309 e. The molecule has 8 aromatic rings. The van der Waals surface area contributed by atoms with Crippen LogP contribution < -0.4 is 0 Å². The fraction of sp³-hybridized carbons (Fsp3) is 0.130. The Bertz CT molecular complexity index is 2270. The van der Waals surface area contributed by atoms with E-state index >= 15 is 0 Å². The van der Waals surface area contributed by atoms with Gasteiger partial charge in [-0.25, -0.2) is 9.97 Å². The first-order chi connectivity index (χ1) is 24.3. The van der Waals surface area contributed by atoms with Gasteiger partial charge in [-0.1, -0.05) is 153 Å². The summed E-state index contributed by atoms with van der Waals surface area (Å²) in [6, 6.07) is 58.9. The second-order valence-corrected chi connectivity index (χ2v) is 13.3. The van der Waals surface area contributed by atoms with Crippen molar-refractivity contribution in [3.8, 4) is 39.6 Å². The zero-order valence-electron chi connectivity index (χ0n) is 27.5. The van der Waals surface area contributed by atoms with E-state index < -0.39 is 0 Å². The van der Waals surface area contributed by atoms with Crippen molar-refractivity contribution in [1.82, 2.24) is 14.5 Å². The van der Waals surface area contributed by atoms with Gasteiger partial charge >= 0.3 is 0 Å². The lowest BCUT2D eigenvalue weighted by atomic mass is 9.65. The Labute approximate surface area is 287 Å². The summed E-state index contributed by atoms with van der Waals surface area (Å²) >= 11 is 0. The monoisotopic (exact) mass is 631 g/mol. The first-order valence-electron chi connectivity index (χ1n) is 17.5. The first kappa shape index (κ1) is 29.3. The molecule has 0 saturated heterocycles. The molecule has 0 unspecified atom stereocenters. The lowest BCUT2D eigenvalue weighted by Gasteiger charge is -2.39. The average Bonchev–Trinajstić information content (AvgIpc) is 3.53. The summed E-state index contributed by atoms with van der Waals surface area (Å²) < 4.78 is 2.41. The summed E-state index contributed by atoms with van der Waals surface area (Å²) in [7, 11) is 0. The Morgan fingerprint density at radius 3 is 1.43 bits per heavy atom. The lowest BCUT2D eigenvalue weighted by Crippen LogP contribution is -2.30. The van der Waals surface area contributed by atoms with E-state index in [2.05, 4.69) is 156 Å². The van der Waals surface area contributed by atoms with Gasteiger partial charge in [0.2, 0.25) is 0 Å². The van der Waals surface area contributed by atoms with Gasteiger partial charge in [0.25, 0.3) is 0 Å². The van der Waals surface area contributed by atoms with Crippen LogP contribution in [0.5, 0.6) is 0 Å². The van der Waals surface area contributed by atoms with E-state index in [-0.39, 0.29) is 5.41 Å². The van der Waals surface area contributed by atoms with Crippen molar-refractivity contribution in [2.24, 2.45) is 0 Å². The number of benzene rings is 6. The van der Waals surface area contributed by atoms with Crippen LogP contribution in [-0.4, -0.2) is 14.5 Å². The van der Waals surface area contributed by atoms with E-state index in [1.165, 1.54) is 57.9 Å². The van der Waals surface area contributed by atoms with E-state index in [9.17, 15) is 0 Å². The average molecular weight is 632 g/mol. The molecule has 6 aromatic carbocycles. The third-order valence-corrected chi connectivity index (χ3v) is 10.5. The molecule has 236 valence electrons. The Hall–Kier alpha value is -5.80. The molecule has 1 saturated carbocycles. The van der Waals surface area contributed by atoms with Crippen LogP contribution in [0.25, 0.3) is 61.4 Å². The van der Waals surface area contributed by atoms with E-state index in [0.29, 0.717) is 0 Å². The molecule has 9 rings (SSSR count). The van der Waals surface area contributed by atoms with Crippen molar-refractivity contribution < 1.29 is 0 Å². The maximum Gasteiger partial charge on any atom is 0.160 e. The normalized spacial score (nSPS) is 14.3. The molecule has 3 nitrogen and oxygen atoms in total. The van der Waals surface area contributed by atoms with Gasteiger partial charge in [-0.3, -0.25) is 0 Å². The third kappa shape index (κ3) is 5.23. The number of aromatic nitrogens is 3. The van der Waals surface area contributed by atoms with Crippen LogP contribution in [0.4, 0.5) is 0 Å². The van der Waals surface area contributed by atoms with Crippen LogP contribution in [-0.2, 0) is 5.41 Å². The molecule has 1 aliphatic rings. The molecule has 0 radical (unpaired) electrons. The van der Waals surface area contributed by atoms with Gasteiger partial charge in [-0.05, 0) is 54.3 Å². The summed E-state index contributed by atoms with van der Waals surface area (Å²) in [4.78, 5) is 10.2. The van der Waals surface area contributed by atoms with E-state index in [1.807, 2.05) is 12.1 Å². The highest BCUT2D eigenvalue weighted by atomic mass is 15.0. The van der Waals surface area contributed by atoms with Gasteiger partial charge < -0.3 is 4.57 Å². The number of nitrogens with zero attached hydrogens (tertiary/aromatic N) is 3. The van der Waals surface area contributed by atoms with E-state index in [4.69, 9.17) is 9.97 Å². The maximum atomic E-state index is 5.08. The van der Waals surface area contributed by atoms with Gasteiger partial charge in [0.15, 0.2) is 5.82 Å². The summed E-state index contributed by atoms with van der Waals surface area (Å²) in [6.07, 6.45) is 6.07. The standard InChI is InChI=1S/C46H37N3/c1-4-14-33(15-5-1)41-32-42(34-16-6-2-7-17-34)48-45(47-41)35-22-24-36(25-23-35)46(30-12-3-13-31-46)37-26-28-38(29-27-37)49-43-20-10-8-18-39(43)40-19-9-11-21-44(40)49/h1-2,4-11,14-29,32H,3,12-13,30-31H2. The molecule has 1 fully saturated rings. The molecule has 3 heteroatoms. The summed E-state index contributed by atoms with van der Waals surface area (Å²) in [5.74, 6) is 0.750. The summed E-state index contributed by atoms with van der Waals surface area (Å²) in [5.41, 5.74) is 11.5. The molecular formula is C46H37N3. The van der Waals surface area contributed by atoms with Gasteiger partial charge in [-0.2, -0.15) is 0 Å². The quantitative estimate of drug-likeness (QED) is 0.183. The Morgan fingerprint density at radius 2 is 0.898 bits per heavy atom. The highest BCUT2D eigenvalue weighted by Crippen LogP contribution is 2.46. The molecule has 0 amide bonds. The van der Waals surface area contributed by atoms with E-state index in [1.54, 1.807) is 0 Å². The van der Waals surface area contributed by atoms with E-state index in [0.717, 1.165) is 46.7 Å². The van der Waals surface area contributed by atoms with Crippen molar-refractivity contribution >= 4 is 21.8 Å². The molecule has 49 heavy (non-hydrogen) atoms. The molecule has 2 heterocycles. The first-order valence-corrected chi connectivity index (χ1v) is 17.5. The second-order valence-electron chi connectivity index (χ2n) is 13.3. The number of para-hydroxylation sites is 2. The molecule has 0 N–H and O–H groups in total. The summed E-state index contributed by atoms with van der Waals surface area (Å²) in [6.45, 7) is 0. The smallest absolute Gasteiger partial charge is 0.160 e. The van der Waals surface area contributed by atoms with Gasteiger partial charge in [0, 0.05) is 38.6 Å². The van der Waals surface area contributed by atoms with Crippen LogP contribution in [0.1, 0.15) is 43.2 Å². The molecule has 0 spiro atoms. The molecule has 2 aromatic heterocycles. The zero-order chi connectivity index (χ0) is 32.6.